The third-order valence-electron chi connectivity index (χ3n) is 3.78. The van der Waals surface area contributed by atoms with Crippen molar-refractivity contribution >= 4 is 17.4 Å². The molecule has 0 spiro atoms. The van der Waals surface area contributed by atoms with Gasteiger partial charge >= 0.3 is 0 Å². The van der Waals surface area contributed by atoms with Gasteiger partial charge in [0, 0.05) is 35.5 Å². The van der Waals surface area contributed by atoms with Crippen LogP contribution in [0, 0.1) is 10.1 Å². The van der Waals surface area contributed by atoms with E-state index in [9.17, 15) is 10.1 Å². The molecule has 0 radical (unpaired) electrons. The van der Waals surface area contributed by atoms with Gasteiger partial charge in [0.2, 0.25) is 0 Å². The average molecular weight is 296 g/mol. The smallest absolute Gasteiger partial charge is 0.270 e. The molecule has 1 aliphatic rings. The van der Waals surface area contributed by atoms with Crippen molar-refractivity contribution in [3.63, 3.8) is 0 Å². The number of benzene rings is 1. The Morgan fingerprint density at radius 3 is 2.95 bits per heavy atom. The first-order chi connectivity index (χ1) is 9.65. The number of methoxy groups -OCH3 is 1. The van der Waals surface area contributed by atoms with Gasteiger partial charge in [0.25, 0.3) is 5.69 Å². The van der Waals surface area contributed by atoms with Crippen LogP contribution >= 0.6 is 11.8 Å². The summed E-state index contributed by atoms with van der Waals surface area (Å²) in [5.41, 5.74) is 0.948. The highest BCUT2D eigenvalue weighted by Crippen LogP contribution is 2.29. The minimum atomic E-state index is -0.372. The average Bonchev–Trinajstić information content (AvgIpc) is 2.92. The lowest BCUT2D eigenvalue weighted by Gasteiger charge is -2.20. The molecule has 2 atom stereocenters. The molecule has 0 aromatic heterocycles. The fourth-order valence-electron chi connectivity index (χ4n) is 2.70. The Morgan fingerprint density at radius 1 is 1.50 bits per heavy atom. The number of ether oxygens (including phenoxy) is 1. The van der Waals surface area contributed by atoms with Gasteiger partial charge in [0.1, 0.15) is 5.75 Å². The summed E-state index contributed by atoms with van der Waals surface area (Å²) in [4.78, 5) is 10.5. The first-order valence-corrected chi connectivity index (χ1v) is 8.02. The molecule has 1 aromatic carbocycles. The molecule has 0 saturated heterocycles. The molecule has 110 valence electrons. The number of rotatable bonds is 6. The number of hydrogen-bond acceptors (Lipinski definition) is 5. The maximum Gasteiger partial charge on any atom is 0.270 e. The van der Waals surface area contributed by atoms with Crippen molar-refractivity contribution in [3.8, 4) is 5.75 Å². The van der Waals surface area contributed by atoms with Gasteiger partial charge in [-0.05, 0) is 25.2 Å². The molecule has 2 unspecified atom stereocenters. The monoisotopic (exact) mass is 296 g/mol. The van der Waals surface area contributed by atoms with Gasteiger partial charge in [0.15, 0.2) is 0 Å². The zero-order valence-electron chi connectivity index (χ0n) is 11.8. The van der Waals surface area contributed by atoms with E-state index in [4.69, 9.17) is 4.74 Å². The van der Waals surface area contributed by atoms with Crippen LogP contribution in [0.2, 0.25) is 0 Å². The molecule has 0 aliphatic heterocycles. The molecule has 1 aliphatic carbocycles. The molecule has 0 bridgehead atoms. The van der Waals surface area contributed by atoms with Crippen LogP contribution in [0.1, 0.15) is 24.8 Å². The molecule has 1 saturated carbocycles. The maximum absolute atomic E-state index is 10.9. The highest BCUT2D eigenvalue weighted by Gasteiger charge is 2.26. The van der Waals surface area contributed by atoms with Crippen LogP contribution in [-0.2, 0) is 6.54 Å². The second-order valence-electron chi connectivity index (χ2n) is 4.95. The lowest BCUT2D eigenvalue weighted by Crippen LogP contribution is -2.33. The Kier molecular flexibility index (Phi) is 5.25. The number of nitro groups is 1. The van der Waals surface area contributed by atoms with E-state index < -0.39 is 0 Å². The molecular weight excluding hydrogens is 276 g/mol. The van der Waals surface area contributed by atoms with E-state index in [1.807, 2.05) is 11.8 Å². The van der Waals surface area contributed by atoms with Crippen molar-refractivity contribution in [2.45, 2.75) is 37.1 Å². The van der Waals surface area contributed by atoms with E-state index >= 15 is 0 Å². The fraction of sp³-hybridized carbons (Fsp3) is 0.571. The fourth-order valence-corrected chi connectivity index (χ4v) is 3.66. The van der Waals surface area contributed by atoms with Gasteiger partial charge in [-0.3, -0.25) is 10.1 Å². The van der Waals surface area contributed by atoms with Gasteiger partial charge in [0.05, 0.1) is 12.0 Å². The summed E-state index contributed by atoms with van der Waals surface area (Å²) in [6, 6.07) is 5.21. The predicted octanol–water partition coefficient (Wildman–Crippen LogP) is 2.98. The van der Waals surface area contributed by atoms with Crippen LogP contribution in [0.3, 0.4) is 0 Å². The van der Waals surface area contributed by atoms with Gasteiger partial charge in [-0.25, -0.2) is 0 Å². The minimum Gasteiger partial charge on any atom is -0.496 e. The van der Waals surface area contributed by atoms with Crippen molar-refractivity contribution in [2.75, 3.05) is 13.4 Å². The molecule has 1 N–H and O–H groups in total. The number of nitrogens with zero attached hydrogens (tertiary/aromatic N) is 1. The summed E-state index contributed by atoms with van der Waals surface area (Å²) < 4.78 is 5.28. The van der Waals surface area contributed by atoms with Crippen LogP contribution in [0.15, 0.2) is 18.2 Å². The SMILES string of the molecule is COc1ccc([N+](=O)[O-])cc1CNC1CCCC1SC. The number of non-ortho nitro benzene ring substituents is 1. The van der Waals surface area contributed by atoms with Gasteiger partial charge in [-0.15, -0.1) is 0 Å². The van der Waals surface area contributed by atoms with Crippen molar-refractivity contribution in [2.24, 2.45) is 0 Å². The number of thioether (sulfide) groups is 1. The van der Waals surface area contributed by atoms with Crippen LogP contribution < -0.4 is 10.1 Å². The van der Waals surface area contributed by atoms with E-state index in [-0.39, 0.29) is 10.6 Å². The summed E-state index contributed by atoms with van der Waals surface area (Å²) in [6.07, 6.45) is 5.79. The predicted molar refractivity (Wildman–Crippen MR) is 81.4 cm³/mol. The summed E-state index contributed by atoms with van der Waals surface area (Å²) in [7, 11) is 1.59. The normalized spacial score (nSPS) is 21.9. The van der Waals surface area contributed by atoms with Gasteiger partial charge in [-0.2, -0.15) is 11.8 Å². The molecule has 0 amide bonds. The number of hydrogen-bond donors (Lipinski definition) is 1. The third-order valence-corrected chi connectivity index (χ3v) is 4.95. The second-order valence-corrected chi connectivity index (χ2v) is 6.02. The zero-order valence-corrected chi connectivity index (χ0v) is 12.6. The summed E-state index contributed by atoms with van der Waals surface area (Å²) >= 11 is 1.89. The topological polar surface area (TPSA) is 64.4 Å². The first-order valence-electron chi connectivity index (χ1n) is 6.73. The standard InChI is InChI=1S/C14H20N2O3S/c1-19-13-7-6-11(16(17)18)8-10(13)9-15-12-4-3-5-14(12)20-2/h6-8,12,14-15H,3-5,9H2,1-2H3. The van der Waals surface area contributed by atoms with Crippen molar-refractivity contribution in [1.29, 1.82) is 0 Å². The molecule has 20 heavy (non-hydrogen) atoms. The molecular formula is C14H20N2O3S. The summed E-state index contributed by atoms with van der Waals surface area (Å²) in [5, 5.41) is 15.0. The zero-order chi connectivity index (χ0) is 14.5. The molecule has 1 aromatic rings. The highest BCUT2D eigenvalue weighted by molar-refractivity contribution is 7.99. The van der Waals surface area contributed by atoms with Crippen LogP contribution in [0.4, 0.5) is 5.69 Å². The van der Waals surface area contributed by atoms with Crippen molar-refractivity contribution < 1.29 is 9.66 Å². The van der Waals surface area contributed by atoms with Gasteiger partial charge < -0.3 is 10.1 Å². The van der Waals surface area contributed by atoms with E-state index in [2.05, 4.69) is 11.6 Å². The largest absolute Gasteiger partial charge is 0.496 e. The Morgan fingerprint density at radius 2 is 2.30 bits per heavy atom. The molecule has 6 heteroatoms. The van der Waals surface area contributed by atoms with E-state index in [1.54, 1.807) is 19.2 Å². The Labute approximate surface area is 123 Å². The molecule has 2 rings (SSSR count). The van der Waals surface area contributed by atoms with Gasteiger partial charge in [-0.1, -0.05) is 6.42 Å². The van der Waals surface area contributed by atoms with Crippen LogP contribution in [0.25, 0.3) is 0 Å². The Balaban J connectivity index is 2.07. The van der Waals surface area contributed by atoms with Crippen molar-refractivity contribution in [3.05, 3.63) is 33.9 Å². The third kappa shape index (κ3) is 3.43. The van der Waals surface area contributed by atoms with E-state index in [0.717, 1.165) is 5.56 Å². The number of nitro benzene ring substituents is 1. The lowest BCUT2D eigenvalue weighted by atomic mass is 10.1. The molecule has 1 fully saturated rings. The summed E-state index contributed by atoms with van der Waals surface area (Å²) in [5.74, 6) is 0.696. The second kappa shape index (κ2) is 6.95. The molecule has 5 nitrogen and oxygen atoms in total. The van der Waals surface area contributed by atoms with Crippen LogP contribution in [-0.4, -0.2) is 29.6 Å². The Bertz CT molecular complexity index is 481. The Hall–Kier alpha value is -1.27. The van der Waals surface area contributed by atoms with Crippen LogP contribution in [0.5, 0.6) is 5.75 Å². The number of nitrogens with one attached hydrogen (secondary N) is 1. The van der Waals surface area contributed by atoms with E-state index in [0.29, 0.717) is 23.6 Å². The quantitative estimate of drug-likeness (QED) is 0.646. The lowest BCUT2D eigenvalue weighted by molar-refractivity contribution is -0.384. The minimum absolute atomic E-state index is 0.107. The summed E-state index contributed by atoms with van der Waals surface area (Å²) in [6.45, 7) is 0.604. The van der Waals surface area contributed by atoms with Crippen molar-refractivity contribution in [1.82, 2.24) is 5.32 Å². The molecule has 0 heterocycles. The first kappa shape index (κ1) is 15.1. The highest BCUT2D eigenvalue weighted by atomic mass is 32.2. The maximum atomic E-state index is 10.9. The van der Waals surface area contributed by atoms with E-state index in [1.165, 1.54) is 25.3 Å².